The van der Waals surface area contributed by atoms with Crippen LogP contribution in [0, 0.1) is 0 Å². The van der Waals surface area contributed by atoms with Crippen molar-refractivity contribution in [3.05, 3.63) is 101 Å². The van der Waals surface area contributed by atoms with Gasteiger partial charge in [-0.1, -0.05) is 54.6 Å². The number of carbonyl (C=O) groups is 1. The van der Waals surface area contributed by atoms with Gasteiger partial charge < -0.3 is 20.1 Å². The lowest BCUT2D eigenvalue weighted by Gasteiger charge is -2.38. The molecule has 0 radical (unpaired) electrons. The lowest BCUT2D eigenvalue weighted by molar-refractivity contribution is -0.127. The molecule has 1 saturated heterocycles. The number of likely N-dealkylation sites (tertiary alicyclic amines) is 1. The topological polar surface area (TPSA) is 64.8 Å². The van der Waals surface area contributed by atoms with Crippen LogP contribution >= 0.6 is 0 Å². The van der Waals surface area contributed by atoms with Crippen LogP contribution in [0.15, 0.2) is 78.9 Å². The van der Waals surface area contributed by atoms with Gasteiger partial charge in [0.1, 0.15) is 11.5 Å². The van der Waals surface area contributed by atoms with E-state index in [1.54, 1.807) is 6.08 Å². The molecule has 35 heavy (non-hydrogen) atoms. The highest BCUT2D eigenvalue weighted by molar-refractivity contribution is 5.92. The van der Waals surface area contributed by atoms with Crippen molar-refractivity contribution in [2.24, 2.45) is 5.73 Å². The molecule has 2 aliphatic rings. The van der Waals surface area contributed by atoms with Gasteiger partial charge in [0.15, 0.2) is 0 Å². The van der Waals surface area contributed by atoms with Gasteiger partial charge in [-0.3, -0.25) is 4.79 Å². The Hall–Kier alpha value is -3.57. The maximum Gasteiger partial charge on any atom is 0.246 e. The van der Waals surface area contributed by atoms with E-state index in [1.165, 1.54) is 11.1 Å². The Kier molecular flexibility index (Phi) is 6.87. The Morgan fingerprint density at radius 1 is 1.00 bits per heavy atom. The van der Waals surface area contributed by atoms with Crippen LogP contribution in [0.4, 0.5) is 0 Å². The first-order chi connectivity index (χ1) is 17.1. The van der Waals surface area contributed by atoms with E-state index in [0.717, 1.165) is 55.0 Å². The van der Waals surface area contributed by atoms with E-state index in [9.17, 15) is 4.79 Å². The normalized spacial score (nSPS) is 16.3. The number of rotatable bonds is 7. The van der Waals surface area contributed by atoms with E-state index in [1.807, 2.05) is 65.6 Å². The molecule has 5 heteroatoms. The van der Waals surface area contributed by atoms with Crippen LogP contribution in [-0.2, 0) is 23.2 Å². The molecule has 0 bridgehead atoms. The third-order valence-electron chi connectivity index (χ3n) is 7.17. The maximum atomic E-state index is 12.9. The molecule has 0 aliphatic carbocycles. The Balaban J connectivity index is 1.15. The number of carbonyl (C=O) groups excluding carboxylic acids is 1. The van der Waals surface area contributed by atoms with Gasteiger partial charge >= 0.3 is 0 Å². The Morgan fingerprint density at radius 2 is 1.83 bits per heavy atom. The van der Waals surface area contributed by atoms with E-state index in [4.69, 9.17) is 15.2 Å². The van der Waals surface area contributed by atoms with Crippen LogP contribution in [-0.4, -0.2) is 37.1 Å². The van der Waals surface area contributed by atoms with E-state index < -0.39 is 0 Å². The van der Waals surface area contributed by atoms with Gasteiger partial charge in [-0.2, -0.15) is 0 Å². The third kappa shape index (κ3) is 5.25. The van der Waals surface area contributed by atoms with E-state index in [2.05, 4.69) is 18.2 Å². The summed E-state index contributed by atoms with van der Waals surface area (Å²) in [6.45, 7) is 3.28. The summed E-state index contributed by atoms with van der Waals surface area (Å²) in [6.07, 6.45) is 6.21. The summed E-state index contributed by atoms with van der Waals surface area (Å²) in [7, 11) is 0. The van der Waals surface area contributed by atoms with Crippen molar-refractivity contribution in [2.45, 2.75) is 31.2 Å². The Labute approximate surface area is 207 Å². The van der Waals surface area contributed by atoms with Crippen molar-refractivity contribution in [1.82, 2.24) is 4.90 Å². The minimum absolute atomic E-state index is 0.00751. The van der Waals surface area contributed by atoms with Gasteiger partial charge in [-0.05, 0) is 53.8 Å². The first-order valence-electron chi connectivity index (χ1n) is 12.4. The van der Waals surface area contributed by atoms with Gasteiger partial charge in [-0.15, -0.1) is 0 Å². The van der Waals surface area contributed by atoms with Gasteiger partial charge in [0.2, 0.25) is 5.91 Å². The van der Waals surface area contributed by atoms with Crippen LogP contribution in [0.25, 0.3) is 6.08 Å². The number of fused-ring (bicyclic) bond motifs is 2. The van der Waals surface area contributed by atoms with E-state index >= 15 is 0 Å². The van der Waals surface area contributed by atoms with Crippen LogP contribution < -0.4 is 15.2 Å². The molecule has 3 aromatic carbocycles. The number of benzene rings is 3. The smallest absolute Gasteiger partial charge is 0.246 e. The number of nitrogens with two attached hydrogens (primary N) is 1. The zero-order valence-electron chi connectivity index (χ0n) is 20.0. The molecule has 5 nitrogen and oxygen atoms in total. The first-order valence-corrected chi connectivity index (χ1v) is 12.4. The monoisotopic (exact) mass is 468 g/mol. The molecule has 2 heterocycles. The van der Waals surface area contributed by atoms with Crippen molar-refractivity contribution in [2.75, 3.05) is 26.3 Å². The van der Waals surface area contributed by atoms with Crippen LogP contribution in [0.5, 0.6) is 11.5 Å². The highest BCUT2D eigenvalue weighted by Gasteiger charge is 2.43. The number of piperidine rings is 1. The van der Waals surface area contributed by atoms with Gasteiger partial charge in [-0.25, -0.2) is 0 Å². The molecule has 2 N–H and O–H groups in total. The van der Waals surface area contributed by atoms with Gasteiger partial charge in [0.05, 0.1) is 13.2 Å². The molecule has 5 rings (SSSR count). The molecule has 1 fully saturated rings. The van der Waals surface area contributed by atoms with Crippen molar-refractivity contribution in [3.63, 3.8) is 0 Å². The Morgan fingerprint density at radius 3 is 2.63 bits per heavy atom. The summed E-state index contributed by atoms with van der Waals surface area (Å²) < 4.78 is 11.9. The summed E-state index contributed by atoms with van der Waals surface area (Å²) in [5.74, 6) is 1.82. The predicted molar refractivity (Wildman–Crippen MR) is 138 cm³/mol. The van der Waals surface area contributed by atoms with Crippen molar-refractivity contribution in [3.8, 4) is 11.5 Å². The second kappa shape index (κ2) is 10.4. The molecular weight excluding hydrogens is 436 g/mol. The quantitative estimate of drug-likeness (QED) is 0.509. The number of amides is 1. The maximum absolute atomic E-state index is 12.9. The lowest BCUT2D eigenvalue weighted by atomic mass is 9.74. The predicted octanol–water partition coefficient (Wildman–Crippen LogP) is 4.73. The largest absolute Gasteiger partial charge is 0.493 e. The fourth-order valence-electron chi connectivity index (χ4n) is 5.02. The fraction of sp³-hybridized carbons (Fsp3) is 0.300. The zero-order valence-corrected chi connectivity index (χ0v) is 20.0. The Bertz CT molecular complexity index is 1200. The molecule has 0 atom stereocenters. The molecule has 3 aromatic rings. The first kappa shape index (κ1) is 23.2. The summed E-state index contributed by atoms with van der Waals surface area (Å²) in [6, 6.07) is 24.4. The van der Waals surface area contributed by atoms with Crippen molar-refractivity contribution >= 4 is 12.0 Å². The summed E-state index contributed by atoms with van der Waals surface area (Å²) in [5, 5.41) is 0. The van der Waals surface area contributed by atoms with Gasteiger partial charge in [0, 0.05) is 43.1 Å². The minimum atomic E-state index is -0.00751. The van der Waals surface area contributed by atoms with Crippen molar-refractivity contribution in [1.29, 1.82) is 0 Å². The molecule has 0 unspecified atom stereocenters. The molecule has 1 amide bonds. The van der Waals surface area contributed by atoms with Crippen LogP contribution in [0.2, 0.25) is 0 Å². The highest BCUT2D eigenvalue weighted by atomic mass is 16.5. The molecule has 1 spiro atoms. The number of hydrogen-bond donors (Lipinski definition) is 1. The molecular formula is C30H32N2O3. The van der Waals surface area contributed by atoms with Crippen LogP contribution in [0.3, 0.4) is 0 Å². The second-order valence-corrected chi connectivity index (χ2v) is 9.42. The lowest BCUT2D eigenvalue weighted by Crippen LogP contribution is -2.45. The third-order valence-corrected chi connectivity index (χ3v) is 7.17. The number of hydrogen-bond acceptors (Lipinski definition) is 4. The summed E-state index contributed by atoms with van der Waals surface area (Å²) >= 11 is 0. The van der Waals surface area contributed by atoms with Crippen LogP contribution in [0.1, 0.15) is 35.1 Å². The number of nitrogens with zero attached hydrogens (tertiary/aromatic N) is 1. The van der Waals surface area contributed by atoms with Crippen molar-refractivity contribution < 1.29 is 14.3 Å². The fourth-order valence-corrected chi connectivity index (χ4v) is 5.02. The second-order valence-electron chi connectivity index (χ2n) is 9.42. The summed E-state index contributed by atoms with van der Waals surface area (Å²) in [4.78, 5) is 14.8. The molecule has 0 aromatic heterocycles. The standard InChI is InChI=1S/C30H32N2O3/c31-21-25-9-11-28-27(20-25)30(22-35-28)14-16-32(17-15-30)29(33)12-10-24-7-4-8-26(19-24)34-18-13-23-5-2-1-3-6-23/h1-12,19-20H,13-18,21-22,31H2. The zero-order chi connectivity index (χ0) is 24.1. The summed E-state index contributed by atoms with van der Waals surface area (Å²) in [5.41, 5.74) is 10.4. The SMILES string of the molecule is NCc1ccc2c(c1)C1(CCN(C(=O)C=Cc3cccc(OCCc4ccccc4)c3)CC1)CO2. The van der Waals surface area contributed by atoms with E-state index in [-0.39, 0.29) is 11.3 Å². The molecule has 0 saturated carbocycles. The number of ether oxygens (including phenoxy) is 2. The average molecular weight is 469 g/mol. The molecule has 180 valence electrons. The minimum Gasteiger partial charge on any atom is -0.493 e. The van der Waals surface area contributed by atoms with E-state index in [0.29, 0.717) is 19.8 Å². The average Bonchev–Trinajstić information content (AvgIpc) is 3.25. The van der Waals surface area contributed by atoms with Gasteiger partial charge in [0.25, 0.3) is 0 Å². The highest BCUT2D eigenvalue weighted by Crippen LogP contribution is 2.45. The molecule has 2 aliphatic heterocycles.